The Hall–Kier alpha value is -2.26. The summed E-state index contributed by atoms with van der Waals surface area (Å²) in [6.07, 6.45) is 6.06. The number of carbonyl (C=O) groups is 3. The van der Waals surface area contributed by atoms with Crippen LogP contribution in [0.15, 0.2) is 29.2 Å². The molecule has 3 amide bonds. The first-order valence-corrected chi connectivity index (χ1v) is 12.1. The molecule has 0 spiro atoms. The Kier molecular flexibility index (Phi) is 5.92. The second-order valence-electron chi connectivity index (χ2n) is 8.30. The standard InChI is InChI=1S/C21H27N3O5S/c25-19(14-24-20(26)17-6-2-3-7-18(17)21(24)27)22-15-8-10-16(11-9-15)30(28,29)23-12-4-1-5-13-23/h8-11,17-18H,1-7,12-14H2,(H,22,25)/t17-,18+. The first kappa shape index (κ1) is 21.0. The maximum Gasteiger partial charge on any atom is 0.244 e. The number of likely N-dealkylation sites (tertiary alicyclic amines) is 1. The van der Waals surface area contributed by atoms with Crippen molar-refractivity contribution in [2.75, 3.05) is 25.0 Å². The van der Waals surface area contributed by atoms with Crippen LogP contribution in [-0.2, 0) is 24.4 Å². The Balaban J connectivity index is 1.38. The average molecular weight is 434 g/mol. The van der Waals surface area contributed by atoms with Gasteiger partial charge in [0.05, 0.1) is 16.7 Å². The van der Waals surface area contributed by atoms with Crippen molar-refractivity contribution >= 4 is 33.4 Å². The van der Waals surface area contributed by atoms with Gasteiger partial charge in [-0.25, -0.2) is 8.42 Å². The molecule has 2 aliphatic heterocycles. The van der Waals surface area contributed by atoms with Gasteiger partial charge in [0.2, 0.25) is 27.7 Å². The maximum absolute atomic E-state index is 12.7. The van der Waals surface area contributed by atoms with Crippen molar-refractivity contribution in [2.45, 2.75) is 49.8 Å². The minimum absolute atomic E-state index is 0.191. The molecule has 2 heterocycles. The Morgan fingerprint density at radius 2 is 1.47 bits per heavy atom. The van der Waals surface area contributed by atoms with Gasteiger partial charge in [-0.3, -0.25) is 19.3 Å². The maximum atomic E-state index is 12.7. The number of nitrogens with one attached hydrogen (secondary N) is 1. The summed E-state index contributed by atoms with van der Waals surface area (Å²) in [6.45, 7) is 0.750. The first-order chi connectivity index (χ1) is 14.4. The van der Waals surface area contributed by atoms with Crippen LogP contribution in [0.4, 0.5) is 5.69 Å². The molecular formula is C21H27N3O5S. The number of sulfonamides is 1. The quantitative estimate of drug-likeness (QED) is 0.715. The number of carbonyl (C=O) groups excluding carboxylic acids is 3. The molecule has 3 aliphatic rings. The number of hydrogen-bond donors (Lipinski definition) is 1. The highest BCUT2D eigenvalue weighted by Gasteiger charge is 2.48. The third kappa shape index (κ3) is 4.00. The van der Waals surface area contributed by atoms with Crippen LogP contribution in [0.1, 0.15) is 44.9 Å². The molecule has 0 aromatic heterocycles. The second kappa shape index (κ2) is 8.47. The number of amides is 3. The molecule has 4 rings (SSSR count). The van der Waals surface area contributed by atoms with Crippen molar-refractivity contribution in [1.29, 1.82) is 0 Å². The number of benzene rings is 1. The lowest BCUT2D eigenvalue weighted by Crippen LogP contribution is -2.38. The van der Waals surface area contributed by atoms with Crippen LogP contribution in [-0.4, -0.2) is 55.0 Å². The van der Waals surface area contributed by atoms with Gasteiger partial charge in [-0.2, -0.15) is 4.31 Å². The lowest BCUT2D eigenvalue weighted by Gasteiger charge is -2.25. The predicted octanol–water partition coefficient (Wildman–Crippen LogP) is 1.97. The summed E-state index contributed by atoms with van der Waals surface area (Å²) in [5, 5.41) is 2.66. The van der Waals surface area contributed by atoms with Gasteiger partial charge in [0.1, 0.15) is 6.54 Å². The predicted molar refractivity (Wildman–Crippen MR) is 110 cm³/mol. The van der Waals surface area contributed by atoms with Crippen LogP contribution in [0.3, 0.4) is 0 Å². The van der Waals surface area contributed by atoms with Crippen molar-refractivity contribution in [3.05, 3.63) is 24.3 Å². The molecule has 2 atom stereocenters. The number of anilines is 1. The first-order valence-electron chi connectivity index (χ1n) is 10.6. The minimum Gasteiger partial charge on any atom is -0.325 e. The molecule has 1 saturated carbocycles. The molecule has 1 aromatic rings. The van der Waals surface area contributed by atoms with Gasteiger partial charge in [-0.1, -0.05) is 19.3 Å². The van der Waals surface area contributed by atoms with E-state index < -0.39 is 15.9 Å². The van der Waals surface area contributed by atoms with E-state index in [9.17, 15) is 22.8 Å². The molecule has 8 nitrogen and oxygen atoms in total. The van der Waals surface area contributed by atoms with E-state index in [1.165, 1.54) is 28.6 Å². The largest absolute Gasteiger partial charge is 0.325 e. The molecular weight excluding hydrogens is 406 g/mol. The third-order valence-corrected chi connectivity index (χ3v) is 8.24. The van der Waals surface area contributed by atoms with Crippen molar-refractivity contribution in [3.8, 4) is 0 Å². The number of imide groups is 1. The van der Waals surface area contributed by atoms with Gasteiger partial charge in [-0.15, -0.1) is 0 Å². The molecule has 30 heavy (non-hydrogen) atoms. The molecule has 1 aliphatic carbocycles. The van der Waals surface area contributed by atoms with E-state index in [1.54, 1.807) is 0 Å². The number of nitrogens with zero attached hydrogens (tertiary/aromatic N) is 2. The topological polar surface area (TPSA) is 104 Å². The van der Waals surface area contributed by atoms with Crippen LogP contribution in [0.25, 0.3) is 0 Å². The summed E-state index contributed by atoms with van der Waals surface area (Å²) < 4.78 is 26.9. The number of hydrogen-bond acceptors (Lipinski definition) is 5. The van der Waals surface area contributed by atoms with E-state index in [2.05, 4.69) is 5.32 Å². The van der Waals surface area contributed by atoms with Crippen LogP contribution in [0, 0.1) is 11.8 Å². The van der Waals surface area contributed by atoms with Gasteiger partial charge in [0, 0.05) is 18.8 Å². The van der Waals surface area contributed by atoms with Gasteiger partial charge in [0.15, 0.2) is 0 Å². The zero-order chi connectivity index (χ0) is 21.3. The molecule has 0 bridgehead atoms. The summed E-state index contributed by atoms with van der Waals surface area (Å²) in [5.74, 6) is -1.52. The normalized spacial score (nSPS) is 25.3. The zero-order valence-corrected chi connectivity index (χ0v) is 17.7. The molecule has 9 heteroatoms. The van der Waals surface area contributed by atoms with Gasteiger partial charge < -0.3 is 5.32 Å². The summed E-state index contributed by atoms with van der Waals surface area (Å²) in [5.41, 5.74) is 0.425. The fourth-order valence-corrected chi connectivity index (χ4v) is 6.21. The van der Waals surface area contributed by atoms with Crippen LogP contribution < -0.4 is 5.32 Å². The Bertz CT molecular complexity index is 914. The SMILES string of the molecule is O=C(CN1C(=O)[C@H]2CCCC[C@H]2C1=O)Nc1ccc(S(=O)(=O)N2CCCCC2)cc1. The lowest BCUT2D eigenvalue weighted by atomic mass is 9.81. The summed E-state index contributed by atoms with van der Waals surface area (Å²) in [7, 11) is -3.53. The van der Waals surface area contributed by atoms with Crippen molar-refractivity contribution in [3.63, 3.8) is 0 Å². The summed E-state index contributed by atoms with van der Waals surface area (Å²) in [6, 6.07) is 6.00. The third-order valence-electron chi connectivity index (χ3n) is 6.33. The van der Waals surface area contributed by atoms with E-state index in [0.29, 0.717) is 31.6 Å². The summed E-state index contributed by atoms with van der Waals surface area (Å²) >= 11 is 0. The highest BCUT2D eigenvalue weighted by molar-refractivity contribution is 7.89. The van der Waals surface area contributed by atoms with E-state index in [1.807, 2.05) is 0 Å². The Morgan fingerprint density at radius 1 is 0.900 bits per heavy atom. The molecule has 0 unspecified atom stereocenters. The van der Waals surface area contributed by atoms with Gasteiger partial charge >= 0.3 is 0 Å². The van der Waals surface area contributed by atoms with Crippen LogP contribution in [0.5, 0.6) is 0 Å². The van der Waals surface area contributed by atoms with Crippen LogP contribution in [0.2, 0.25) is 0 Å². The van der Waals surface area contributed by atoms with E-state index >= 15 is 0 Å². The highest BCUT2D eigenvalue weighted by Crippen LogP contribution is 2.37. The Morgan fingerprint density at radius 3 is 2.03 bits per heavy atom. The fourth-order valence-electron chi connectivity index (χ4n) is 4.70. The van der Waals surface area contributed by atoms with Gasteiger partial charge in [0.25, 0.3) is 0 Å². The second-order valence-corrected chi connectivity index (χ2v) is 10.2. The minimum atomic E-state index is -3.53. The molecule has 3 fully saturated rings. The number of piperidine rings is 1. The summed E-state index contributed by atoms with van der Waals surface area (Å²) in [4.78, 5) is 38.7. The van der Waals surface area contributed by atoms with Crippen molar-refractivity contribution < 1.29 is 22.8 Å². The smallest absolute Gasteiger partial charge is 0.244 e. The van der Waals surface area contributed by atoms with E-state index in [0.717, 1.165) is 37.0 Å². The Labute approximate surface area is 176 Å². The van der Waals surface area contributed by atoms with Crippen molar-refractivity contribution in [1.82, 2.24) is 9.21 Å². The van der Waals surface area contributed by atoms with Gasteiger partial charge in [-0.05, 0) is 49.9 Å². The zero-order valence-electron chi connectivity index (χ0n) is 16.9. The highest BCUT2D eigenvalue weighted by atomic mass is 32.2. The molecule has 1 N–H and O–H groups in total. The molecule has 2 saturated heterocycles. The molecule has 1 aromatic carbocycles. The van der Waals surface area contributed by atoms with E-state index in [-0.39, 0.29) is 35.1 Å². The van der Waals surface area contributed by atoms with Crippen molar-refractivity contribution in [2.24, 2.45) is 11.8 Å². The monoisotopic (exact) mass is 433 g/mol. The van der Waals surface area contributed by atoms with Crippen LogP contribution >= 0.6 is 0 Å². The van der Waals surface area contributed by atoms with E-state index in [4.69, 9.17) is 0 Å². The lowest BCUT2D eigenvalue weighted by molar-refractivity contribution is -0.142. The number of fused-ring (bicyclic) bond motifs is 1. The fraction of sp³-hybridized carbons (Fsp3) is 0.571. The average Bonchev–Trinajstić information content (AvgIpc) is 3.00. The number of rotatable bonds is 5. The molecule has 162 valence electrons. The molecule has 0 radical (unpaired) electrons.